The highest BCUT2D eigenvalue weighted by Gasteiger charge is 2.36. The Morgan fingerprint density at radius 3 is 2.11 bits per heavy atom. The zero-order valence-electron chi connectivity index (χ0n) is 12.1. The summed E-state index contributed by atoms with van der Waals surface area (Å²) in [7, 11) is 0. The van der Waals surface area contributed by atoms with Crippen molar-refractivity contribution in [3.8, 4) is 0 Å². The van der Waals surface area contributed by atoms with Crippen molar-refractivity contribution in [2.75, 3.05) is 0 Å². The zero-order chi connectivity index (χ0) is 14.1. The summed E-state index contributed by atoms with van der Waals surface area (Å²) in [4.78, 5) is 11.3. The quantitative estimate of drug-likeness (QED) is 0.668. The average Bonchev–Trinajstić information content (AvgIpc) is 2.41. The van der Waals surface area contributed by atoms with Crippen LogP contribution < -0.4 is 0 Å². The van der Waals surface area contributed by atoms with Crippen LogP contribution in [0, 0.1) is 12.3 Å². The van der Waals surface area contributed by atoms with Crippen molar-refractivity contribution >= 4 is 16.8 Å². The van der Waals surface area contributed by atoms with Gasteiger partial charge in [-0.25, -0.2) is 0 Å². The maximum absolute atomic E-state index is 11.3. The lowest BCUT2D eigenvalue weighted by Gasteiger charge is -2.33. The molecule has 0 amide bonds. The number of rotatable bonds is 3. The molecule has 1 nitrogen and oxygen atoms in total. The molecule has 0 atom stereocenters. The van der Waals surface area contributed by atoms with Gasteiger partial charge in [-0.15, -0.1) is 0 Å². The normalized spacial score (nSPS) is 17.2. The van der Waals surface area contributed by atoms with Gasteiger partial charge in [0, 0.05) is 5.41 Å². The number of carbonyl (C=O) groups excluding carboxylic acids is 1. The molecule has 0 aliphatic heterocycles. The Morgan fingerprint density at radius 2 is 1.74 bits per heavy atom. The molecule has 1 aliphatic rings. The van der Waals surface area contributed by atoms with Crippen LogP contribution in [0.25, 0.3) is 0 Å². The van der Waals surface area contributed by atoms with Gasteiger partial charge in [0.2, 0.25) is 5.24 Å². The minimum atomic E-state index is -0.144. The lowest BCUT2D eigenvalue weighted by molar-refractivity contribution is -0.122. The fourth-order valence-corrected chi connectivity index (χ4v) is 3.07. The molecule has 1 aliphatic carbocycles. The van der Waals surface area contributed by atoms with Crippen molar-refractivity contribution in [3.05, 3.63) is 35.9 Å². The third kappa shape index (κ3) is 5.36. The van der Waals surface area contributed by atoms with Crippen molar-refractivity contribution in [1.82, 2.24) is 0 Å². The van der Waals surface area contributed by atoms with Gasteiger partial charge in [0.05, 0.1) is 0 Å². The molecular weight excluding hydrogens is 256 g/mol. The van der Waals surface area contributed by atoms with E-state index in [0.717, 1.165) is 25.7 Å². The molecule has 1 fully saturated rings. The van der Waals surface area contributed by atoms with E-state index in [9.17, 15) is 4.79 Å². The Balaban J connectivity index is 0.000000218. The molecule has 0 N–H and O–H groups in total. The second-order valence-electron chi connectivity index (χ2n) is 5.52. The van der Waals surface area contributed by atoms with Gasteiger partial charge in [-0.2, -0.15) is 0 Å². The molecule has 2 heteroatoms. The summed E-state index contributed by atoms with van der Waals surface area (Å²) < 4.78 is 0. The number of benzene rings is 1. The van der Waals surface area contributed by atoms with Crippen LogP contribution in [-0.2, 0) is 4.79 Å². The molecule has 1 saturated carbocycles. The van der Waals surface area contributed by atoms with Gasteiger partial charge < -0.3 is 0 Å². The first-order valence-corrected chi connectivity index (χ1v) is 7.70. The van der Waals surface area contributed by atoms with E-state index in [-0.39, 0.29) is 10.7 Å². The number of hydrogen-bond acceptors (Lipinski definition) is 1. The second-order valence-corrected chi connectivity index (χ2v) is 5.86. The molecule has 0 spiro atoms. The predicted molar refractivity (Wildman–Crippen MR) is 82.5 cm³/mol. The monoisotopic (exact) mass is 280 g/mol. The Kier molecular flexibility index (Phi) is 7.15. The van der Waals surface area contributed by atoms with Crippen LogP contribution in [-0.4, -0.2) is 5.24 Å². The van der Waals surface area contributed by atoms with E-state index in [1.165, 1.54) is 24.8 Å². The molecule has 0 heterocycles. The lowest BCUT2D eigenvalue weighted by Crippen LogP contribution is -2.30. The average molecular weight is 281 g/mol. The Morgan fingerprint density at radius 1 is 1.16 bits per heavy atom. The van der Waals surface area contributed by atoms with Crippen LogP contribution in [0.3, 0.4) is 0 Å². The zero-order valence-corrected chi connectivity index (χ0v) is 12.9. The number of halogens is 1. The molecule has 1 aromatic rings. The molecule has 1 aromatic carbocycles. The van der Waals surface area contributed by atoms with Crippen molar-refractivity contribution in [3.63, 3.8) is 0 Å². The molecule has 0 unspecified atom stereocenters. The van der Waals surface area contributed by atoms with Crippen molar-refractivity contribution < 1.29 is 4.79 Å². The predicted octanol–water partition coefficient (Wildman–Crippen LogP) is 5.50. The maximum Gasteiger partial charge on any atom is 0.227 e. The van der Waals surface area contributed by atoms with E-state index in [1.54, 1.807) is 0 Å². The molecule has 106 valence electrons. The van der Waals surface area contributed by atoms with Crippen LogP contribution in [0.5, 0.6) is 0 Å². The first-order valence-electron chi connectivity index (χ1n) is 7.32. The topological polar surface area (TPSA) is 17.1 Å². The molecule has 2 rings (SSSR count). The Bertz CT molecular complexity index is 361. The van der Waals surface area contributed by atoms with E-state index < -0.39 is 0 Å². The van der Waals surface area contributed by atoms with Crippen LogP contribution in [0.4, 0.5) is 0 Å². The maximum atomic E-state index is 11.3. The summed E-state index contributed by atoms with van der Waals surface area (Å²) in [6.07, 6.45) is 7.71. The van der Waals surface area contributed by atoms with Gasteiger partial charge in [0.25, 0.3) is 0 Å². The van der Waals surface area contributed by atoms with Crippen molar-refractivity contribution in [1.29, 1.82) is 0 Å². The Hall–Kier alpha value is -0.820. The van der Waals surface area contributed by atoms with Crippen molar-refractivity contribution in [2.24, 2.45) is 5.41 Å². The van der Waals surface area contributed by atoms with Gasteiger partial charge >= 0.3 is 0 Å². The lowest BCUT2D eigenvalue weighted by atomic mass is 9.72. The fraction of sp³-hybridized carbons (Fsp3) is 0.588. The van der Waals surface area contributed by atoms with Crippen LogP contribution in [0.2, 0.25) is 0 Å². The van der Waals surface area contributed by atoms with Crippen LogP contribution in [0.1, 0.15) is 57.4 Å². The largest absolute Gasteiger partial charge is 0.281 e. The van der Waals surface area contributed by atoms with E-state index in [2.05, 4.69) is 26.0 Å². The molecule has 0 bridgehead atoms. The fourth-order valence-electron chi connectivity index (χ4n) is 2.79. The summed E-state index contributed by atoms with van der Waals surface area (Å²) >= 11 is 5.65. The second kappa shape index (κ2) is 8.37. The van der Waals surface area contributed by atoms with Gasteiger partial charge in [-0.1, -0.05) is 68.5 Å². The molecule has 0 aromatic heterocycles. The van der Waals surface area contributed by atoms with Crippen LogP contribution >= 0.6 is 11.6 Å². The minimum Gasteiger partial charge on any atom is -0.281 e. The van der Waals surface area contributed by atoms with Crippen molar-refractivity contribution in [2.45, 2.75) is 58.8 Å². The molecule has 0 radical (unpaired) electrons. The smallest absolute Gasteiger partial charge is 0.227 e. The van der Waals surface area contributed by atoms with Gasteiger partial charge in [-0.3, -0.25) is 4.79 Å². The first kappa shape index (κ1) is 16.2. The highest BCUT2D eigenvalue weighted by Crippen LogP contribution is 2.41. The molecule has 0 saturated heterocycles. The van der Waals surface area contributed by atoms with E-state index in [1.807, 2.05) is 18.2 Å². The summed E-state index contributed by atoms with van der Waals surface area (Å²) in [5.41, 5.74) is 1.18. The molecule has 19 heavy (non-hydrogen) atoms. The first-order chi connectivity index (χ1) is 9.10. The van der Waals surface area contributed by atoms with E-state index in [4.69, 9.17) is 11.6 Å². The Labute approximate surface area is 122 Å². The number of carbonyl (C=O) groups is 1. The van der Waals surface area contributed by atoms with Gasteiger partial charge in [0.15, 0.2) is 0 Å². The summed E-state index contributed by atoms with van der Waals surface area (Å²) in [5.74, 6) is 0. The highest BCUT2D eigenvalue weighted by molar-refractivity contribution is 6.64. The summed E-state index contributed by atoms with van der Waals surface area (Å²) in [6, 6.07) is 10.3. The third-order valence-electron chi connectivity index (χ3n) is 3.90. The van der Waals surface area contributed by atoms with E-state index >= 15 is 0 Å². The highest BCUT2D eigenvalue weighted by atomic mass is 35.5. The SMILES string of the molecule is CCCC1(C(=O)Cl)CCCCC1.Cc1ccccc1. The minimum absolute atomic E-state index is 0.0935. The standard InChI is InChI=1S/C10H17ClO.C7H8/c1-2-6-10(9(11)12)7-4-3-5-8-10;1-7-5-3-2-4-6-7/h2-8H2,1H3;2-6H,1H3. The third-order valence-corrected chi connectivity index (χ3v) is 4.30. The van der Waals surface area contributed by atoms with Crippen LogP contribution in [0.15, 0.2) is 30.3 Å². The van der Waals surface area contributed by atoms with Gasteiger partial charge in [0.1, 0.15) is 0 Å². The number of hydrogen-bond donors (Lipinski definition) is 0. The summed E-state index contributed by atoms with van der Waals surface area (Å²) in [6.45, 7) is 4.20. The van der Waals surface area contributed by atoms with Gasteiger partial charge in [-0.05, 0) is 37.8 Å². The number of aryl methyl sites for hydroxylation is 1. The van der Waals surface area contributed by atoms with E-state index in [0.29, 0.717) is 0 Å². The molecular formula is C17H25ClO. The summed E-state index contributed by atoms with van der Waals surface area (Å²) in [5, 5.41) is -0.0935.